The van der Waals surface area contributed by atoms with Gasteiger partial charge in [-0.1, -0.05) is 55.5 Å². The predicted molar refractivity (Wildman–Crippen MR) is 152 cm³/mol. The third-order valence-corrected chi connectivity index (χ3v) is 7.09. The number of para-hydroxylation sites is 2. The number of amides is 3. The van der Waals surface area contributed by atoms with Crippen LogP contribution in [-0.2, 0) is 19.1 Å². The van der Waals surface area contributed by atoms with E-state index in [9.17, 15) is 19.2 Å². The second kappa shape index (κ2) is 14.4. The first-order valence-electron chi connectivity index (χ1n) is 13.9. The number of rotatable bonds is 11. The van der Waals surface area contributed by atoms with E-state index in [1.165, 1.54) is 5.56 Å². The molecule has 3 amide bonds. The van der Waals surface area contributed by atoms with E-state index in [1.807, 2.05) is 36.4 Å². The molecule has 1 aromatic heterocycles. The van der Waals surface area contributed by atoms with Gasteiger partial charge in [-0.05, 0) is 43.5 Å². The average Bonchev–Trinajstić information content (AvgIpc) is 3.53. The van der Waals surface area contributed by atoms with Crippen LogP contribution >= 0.6 is 0 Å². The van der Waals surface area contributed by atoms with E-state index in [2.05, 4.69) is 32.8 Å². The second-order valence-corrected chi connectivity index (χ2v) is 10.3. The molecule has 11 heteroatoms. The first-order chi connectivity index (χ1) is 19.8. The number of H-pyrrole nitrogens is 1. The molecular weight excluding hydrogens is 526 g/mol. The quantitative estimate of drug-likeness (QED) is 0.261. The molecule has 2 atom stereocenters. The summed E-state index contributed by atoms with van der Waals surface area (Å²) in [6.07, 6.45) is 4.60. The number of hydrogen-bond donors (Lipinski definition) is 4. The predicted octanol–water partition coefficient (Wildman–Crippen LogP) is 2.45. The number of fused-ring (bicyclic) bond motifs is 1. The Labute approximate surface area is 238 Å². The number of aromatic nitrogens is 2. The van der Waals surface area contributed by atoms with Crippen molar-refractivity contribution in [3.8, 4) is 5.75 Å². The molecule has 0 spiro atoms. The number of nitrogens with one attached hydrogen (secondary N) is 4. The largest absolute Gasteiger partial charge is 0.497 e. The van der Waals surface area contributed by atoms with Crippen LogP contribution in [0.4, 0.5) is 0 Å². The summed E-state index contributed by atoms with van der Waals surface area (Å²) in [6.45, 7) is 1.87. The zero-order chi connectivity index (χ0) is 29.2. The Morgan fingerprint density at radius 2 is 1.68 bits per heavy atom. The molecule has 0 bridgehead atoms. The van der Waals surface area contributed by atoms with Gasteiger partial charge in [0.1, 0.15) is 11.9 Å². The summed E-state index contributed by atoms with van der Waals surface area (Å²) in [6, 6.07) is 14.6. The Kier molecular flexibility index (Phi) is 10.4. The van der Waals surface area contributed by atoms with E-state index in [0.717, 1.165) is 36.9 Å². The highest BCUT2D eigenvalue weighted by Gasteiger charge is 2.38. The van der Waals surface area contributed by atoms with Crippen LogP contribution in [0.25, 0.3) is 11.0 Å². The molecule has 41 heavy (non-hydrogen) atoms. The SMILES string of the molecule is COc1ccc(C)cc1.O=C(CNC(=O)c1nc2ccccc2[nH]1)NCC(=O)N[C@@H](CC1CCCC1)C(=O)C1CO1. The number of ketones is 1. The van der Waals surface area contributed by atoms with Crippen LogP contribution in [0, 0.1) is 12.8 Å². The molecule has 1 saturated heterocycles. The zero-order valence-corrected chi connectivity index (χ0v) is 23.4. The van der Waals surface area contributed by atoms with E-state index in [1.54, 1.807) is 19.2 Å². The molecule has 5 rings (SSSR count). The highest BCUT2D eigenvalue weighted by molar-refractivity contribution is 5.97. The van der Waals surface area contributed by atoms with Gasteiger partial charge in [0.2, 0.25) is 11.8 Å². The topological polar surface area (TPSA) is 155 Å². The lowest BCUT2D eigenvalue weighted by atomic mass is 9.94. The molecule has 1 aliphatic carbocycles. The summed E-state index contributed by atoms with van der Waals surface area (Å²) in [5, 5.41) is 7.67. The Bertz CT molecular complexity index is 1310. The van der Waals surface area contributed by atoms with Gasteiger partial charge in [0, 0.05) is 0 Å². The van der Waals surface area contributed by atoms with Crippen LogP contribution in [0.5, 0.6) is 5.75 Å². The van der Waals surface area contributed by atoms with Crippen molar-refractivity contribution < 1.29 is 28.7 Å². The van der Waals surface area contributed by atoms with E-state index >= 15 is 0 Å². The Hall–Kier alpha value is -4.25. The Balaban J connectivity index is 0.000000367. The summed E-state index contributed by atoms with van der Waals surface area (Å²) < 4.78 is 10.1. The molecule has 1 unspecified atom stereocenters. The minimum atomic E-state index is -0.595. The maximum atomic E-state index is 12.5. The van der Waals surface area contributed by atoms with Crippen LogP contribution < -0.4 is 20.7 Å². The molecule has 2 fully saturated rings. The van der Waals surface area contributed by atoms with Crippen molar-refractivity contribution in [2.24, 2.45) is 5.92 Å². The van der Waals surface area contributed by atoms with Gasteiger partial charge in [0.15, 0.2) is 11.6 Å². The number of carbonyl (C=O) groups is 4. The lowest BCUT2D eigenvalue weighted by molar-refractivity contribution is -0.129. The minimum Gasteiger partial charge on any atom is -0.497 e. The summed E-state index contributed by atoms with van der Waals surface area (Å²) in [5.41, 5.74) is 2.63. The third kappa shape index (κ3) is 9.14. The lowest BCUT2D eigenvalue weighted by Crippen LogP contribution is -2.48. The third-order valence-electron chi connectivity index (χ3n) is 7.09. The number of methoxy groups -OCH3 is 1. The van der Waals surface area contributed by atoms with E-state index < -0.39 is 29.9 Å². The number of epoxide rings is 1. The summed E-state index contributed by atoms with van der Waals surface area (Å²) in [5.74, 6) is -0.145. The Morgan fingerprint density at radius 3 is 2.34 bits per heavy atom. The smallest absolute Gasteiger partial charge is 0.287 e. The standard InChI is InChI=1S/C22H27N5O5.C8H10O/c28-18(10-24-22(31)21-26-14-7-3-4-8-15(14)27-21)23-11-19(29)25-16(20(30)17-12-32-17)9-13-5-1-2-6-13;1-7-3-5-8(9-2)6-4-7/h3-4,7-8,13,16-17H,1-2,5-6,9-12H2,(H,23,28)(H,24,31)(H,25,29)(H,26,27);3-6H,1-2H3/t16-,17?;/m0./s1. The van der Waals surface area contributed by atoms with Crippen LogP contribution in [0.2, 0.25) is 0 Å². The molecule has 2 heterocycles. The van der Waals surface area contributed by atoms with Crippen LogP contribution in [0.15, 0.2) is 48.5 Å². The van der Waals surface area contributed by atoms with Crippen LogP contribution in [0.1, 0.15) is 48.3 Å². The van der Waals surface area contributed by atoms with E-state index in [0.29, 0.717) is 24.5 Å². The Morgan fingerprint density at radius 1 is 1.00 bits per heavy atom. The first kappa shape index (κ1) is 29.7. The number of aryl methyl sites for hydroxylation is 1. The van der Waals surface area contributed by atoms with E-state index in [4.69, 9.17) is 9.47 Å². The minimum absolute atomic E-state index is 0.102. The normalized spacial score (nSPS) is 16.7. The average molecular weight is 564 g/mol. The van der Waals surface area contributed by atoms with Gasteiger partial charge in [0.25, 0.3) is 5.91 Å². The molecule has 4 N–H and O–H groups in total. The van der Waals surface area contributed by atoms with Gasteiger partial charge in [0.05, 0.1) is 43.9 Å². The van der Waals surface area contributed by atoms with Crippen molar-refractivity contribution in [1.82, 2.24) is 25.9 Å². The molecule has 11 nitrogen and oxygen atoms in total. The molecule has 0 radical (unpaired) electrons. The summed E-state index contributed by atoms with van der Waals surface area (Å²) in [4.78, 5) is 56.1. The maximum Gasteiger partial charge on any atom is 0.287 e. The van der Waals surface area contributed by atoms with Crippen molar-refractivity contribution in [2.75, 3.05) is 26.8 Å². The second-order valence-electron chi connectivity index (χ2n) is 10.3. The molecule has 1 aliphatic heterocycles. The van der Waals surface area contributed by atoms with Crippen molar-refractivity contribution in [1.29, 1.82) is 0 Å². The first-order valence-corrected chi connectivity index (χ1v) is 13.9. The number of benzene rings is 2. The number of hydrogen-bond acceptors (Lipinski definition) is 7. The maximum absolute atomic E-state index is 12.5. The number of carbonyl (C=O) groups excluding carboxylic acids is 4. The number of Topliss-reactive ketones (excluding diaryl/α,β-unsaturated/α-hetero) is 1. The molecule has 2 aromatic carbocycles. The molecule has 2 aliphatic rings. The molecular formula is C30H37N5O6. The van der Waals surface area contributed by atoms with Gasteiger partial charge >= 0.3 is 0 Å². The fourth-order valence-corrected chi connectivity index (χ4v) is 4.73. The highest BCUT2D eigenvalue weighted by Crippen LogP contribution is 2.29. The summed E-state index contributed by atoms with van der Waals surface area (Å²) in [7, 11) is 1.67. The van der Waals surface area contributed by atoms with Crippen molar-refractivity contribution in [3.63, 3.8) is 0 Å². The van der Waals surface area contributed by atoms with Crippen molar-refractivity contribution in [2.45, 2.75) is 51.2 Å². The van der Waals surface area contributed by atoms with Gasteiger partial charge in [-0.15, -0.1) is 0 Å². The van der Waals surface area contributed by atoms with Gasteiger partial charge in [-0.2, -0.15) is 0 Å². The molecule has 1 saturated carbocycles. The number of ether oxygens (including phenoxy) is 2. The number of imidazole rings is 1. The van der Waals surface area contributed by atoms with E-state index in [-0.39, 0.29) is 24.7 Å². The monoisotopic (exact) mass is 563 g/mol. The highest BCUT2D eigenvalue weighted by atomic mass is 16.6. The zero-order valence-electron chi connectivity index (χ0n) is 23.4. The van der Waals surface area contributed by atoms with Gasteiger partial charge in [-0.3, -0.25) is 19.2 Å². The fourth-order valence-electron chi connectivity index (χ4n) is 4.73. The summed E-state index contributed by atoms with van der Waals surface area (Å²) >= 11 is 0. The number of nitrogens with zero attached hydrogens (tertiary/aromatic N) is 1. The van der Waals surface area contributed by atoms with Crippen molar-refractivity contribution >= 4 is 34.5 Å². The van der Waals surface area contributed by atoms with Crippen molar-refractivity contribution in [3.05, 3.63) is 59.9 Å². The van der Waals surface area contributed by atoms with Crippen LogP contribution in [-0.4, -0.2) is 72.4 Å². The van der Waals surface area contributed by atoms with Gasteiger partial charge < -0.3 is 30.4 Å². The van der Waals surface area contributed by atoms with Crippen LogP contribution in [0.3, 0.4) is 0 Å². The fraction of sp³-hybridized carbons (Fsp3) is 0.433. The lowest BCUT2D eigenvalue weighted by Gasteiger charge is -2.20. The number of aromatic amines is 1. The molecule has 218 valence electrons. The van der Waals surface area contributed by atoms with Gasteiger partial charge in [-0.25, -0.2) is 4.98 Å². The molecule has 3 aromatic rings.